The van der Waals surface area contributed by atoms with E-state index in [0.717, 1.165) is 42.2 Å². The first-order valence-electron chi connectivity index (χ1n) is 7.66. The van der Waals surface area contributed by atoms with Crippen LogP contribution in [0.4, 0.5) is 0 Å². The molecule has 0 bridgehead atoms. The molecular formula is C16H23N3O2. The van der Waals surface area contributed by atoms with E-state index in [1.165, 1.54) is 0 Å². The van der Waals surface area contributed by atoms with Crippen molar-refractivity contribution in [3.63, 3.8) is 0 Å². The number of aromatic amines is 1. The minimum atomic E-state index is -0.321. The predicted molar refractivity (Wildman–Crippen MR) is 85.0 cm³/mol. The summed E-state index contributed by atoms with van der Waals surface area (Å²) in [5.74, 6) is 0. The summed E-state index contributed by atoms with van der Waals surface area (Å²) in [6.45, 7) is 8.06. The Morgan fingerprint density at radius 1 is 1.14 bits per heavy atom. The van der Waals surface area contributed by atoms with Gasteiger partial charge in [-0.05, 0) is 32.3 Å². The van der Waals surface area contributed by atoms with Crippen LogP contribution in [0.15, 0.2) is 15.8 Å². The van der Waals surface area contributed by atoms with Crippen LogP contribution in [0.3, 0.4) is 0 Å². The molecule has 0 aliphatic carbocycles. The zero-order valence-corrected chi connectivity index (χ0v) is 13.2. The monoisotopic (exact) mass is 289 g/mol. The van der Waals surface area contributed by atoms with Crippen LogP contribution < -0.4 is 11.2 Å². The van der Waals surface area contributed by atoms with E-state index in [-0.39, 0.29) is 17.3 Å². The molecule has 5 nitrogen and oxygen atoms in total. The molecule has 0 amide bonds. The molecule has 2 aromatic rings. The number of hydrogen-bond acceptors (Lipinski definition) is 3. The fraction of sp³-hybridized carbons (Fsp3) is 0.562. The molecule has 0 radical (unpaired) electrons. The minimum Gasteiger partial charge on any atom is -0.306 e. The Hall–Kier alpha value is -1.91. The maximum absolute atomic E-state index is 12.2. The van der Waals surface area contributed by atoms with Gasteiger partial charge in [0, 0.05) is 23.2 Å². The Labute approximate surface area is 124 Å². The van der Waals surface area contributed by atoms with Crippen LogP contribution in [0.1, 0.15) is 57.7 Å². The van der Waals surface area contributed by atoms with Crippen molar-refractivity contribution in [2.75, 3.05) is 0 Å². The molecule has 2 heterocycles. The fourth-order valence-electron chi connectivity index (χ4n) is 2.69. The third-order valence-corrected chi connectivity index (χ3v) is 3.70. The zero-order chi connectivity index (χ0) is 15.6. The van der Waals surface area contributed by atoms with Crippen LogP contribution in [0, 0.1) is 0 Å². The van der Waals surface area contributed by atoms with E-state index in [0.29, 0.717) is 5.65 Å². The maximum Gasteiger partial charge on any atom is 0.349 e. The van der Waals surface area contributed by atoms with Crippen molar-refractivity contribution in [3.8, 4) is 0 Å². The van der Waals surface area contributed by atoms with Crippen LogP contribution in [0.2, 0.25) is 0 Å². The first-order valence-corrected chi connectivity index (χ1v) is 7.66. The molecule has 0 aromatic carbocycles. The molecule has 21 heavy (non-hydrogen) atoms. The van der Waals surface area contributed by atoms with E-state index in [9.17, 15) is 9.59 Å². The lowest BCUT2D eigenvalue weighted by atomic mass is 9.98. The van der Waals surface area contributed by atoms with Gasteiger partial charge in [-0.3, -0.25) is 9.36 Å². The van der Waals surface area contributed by atoms with Crippen LogP contribution in [0.25, 0.3) is 11.0 Å². The van der Waals surface area contributed by atoms with E-state index in [1.54, 1.807) is 4.57 Å². The van der Waals surface area contributed by atoms with Crippen molar-refractivity contribution >= 4 is 11.0 Å². The lowest BCUT2D eigenvalue weighted by Crippen LogP contribution is -2.26. The molecule has 5 heteroatoms. The third kappa shape index (κ3) is 2.91. The molecule has 2 rings (SSSR count). The van der Waals surface area contributed by atoms with Gasteiger partial charge in [-0.2, -0.15) is 4.98 Å². The van der Waals surface area contributed by atoms with E-state index >= 15 is 0 Å². The molecule has 0 aliphatic rings. The van der Waals surface area contributed by atoms with Gasteiger partial charge in [-0.25, -0.2) is 4.79 Å². The average Bonchev–Trinajstić information content (AvgIpc) is 2.42. The molecule has 114 valence electrons. The van der Waals surface area contributed by atoms with E-state index in [2.05, 4.69) is 23.8 Å². The summed E-state index contributed by atoms with van der Waals surface area (Å²) in [5.41, 5.74) is 1.86. The zero-order valence-electron chi connectivity index (χ0n) is 13.2. The van der Waals surface area contributed by atoms with Crippen molar-refractivity contribution in [1.82, 2.24) is 14.5 Å². The molecule has 0 aliphatic heterocycles. The van der Waals surface area contributed by atoms with Gasteiger partial charge in [0.2, 0.25) is 0 Å². The van der Waals surface area contributed by atoms with Crippen LogP contribution in [0.5, 0.6) is 0 Å². The Kier molecular flexibility index (Phi) is 4.60. The number of H-pyrrole nitrogens is 1. The van der Waals surface area contributed by atoms with Gasteiger partial charge in [-0.1, -0.05) is 26.7 Å². The summed E-state index contributed by atoms with van der Waals surface area (Å²) in [6, 6.07) is 0.0467. The number of aromatic nitrogens is 3. The maximum atomic E-state index is 12.2. The Morgan fingerprint density at radius 2 is 1.76 bits per heavy atom. The largest absolute Gasteiger partial charge is 0.349 e. The standard InChI is InChI=1S/C16H23N3O2/c1-5-7-11-12(8-6-2)15(20)17-14-13(11)9-19(10(3)4)16(21)18-14/h9-10H,5-8H2,1-4H3,(H,17,18,20,21). The summed E-state index contributed by atoms with van der Waals surface area (Å²) in [6.07, 6.45) is 5.29. The molecule has 0 unspecified atom stereocenters. The van der Waals surface area contributed by atoms with Gasteiger partial charge < -0.3 is 4.98 Å². The third-order valence-electron chi connectivity index (χ3n) is 3.70. The SMILES string of the molecule is CCCc1c(CCC)c2cn(C(C)C)c(=O)nc2[nH]c1=O. The van der Waals surface area contributed by atoms with Crippen molar-refractivity contribution in [1.29, 1.82) is 0 Å². The van der Waals surface area contributed by atoms with Crippen LogP contribution in [-0.4, -0.2) is 14.5 Å². The molecule has 1 N–H and O–H groups in total. The second kappa shape index (κ2) is 6.24. The summed E-state index contributed by atoms with van der Waals surface area (Å²) >= 11 is 0. The molecule has 0 saturated carbocycles. The number of nitrogens with zero attached hydrogens (tertiary/aromatic N) is 2. The van der Waals surface area contributed by atoms with Crippen LogP contribution in [-0.2, 0) is 12.8 Å². The molecule has 0 spiro atoms. The van der Waals surface area contributed by atoms with Crippen molar-refractivity contribution in [2.24, 2.45) is 0 Å². The minimum absolute atomic E-state index is 0.0467. The highest BCUT2D eigenvalue weighted by Crippen LogP contribution is 2.19. The van der Waals surface area contributed by atoms with Gasteiger partial charge in [0.15, 0.2) is 0 Å². The second-order valence-electron chi connectivity index (χ2n) is 5.70. The van der Waals surface area contributed by atoms with Crippen molar-refractivity contribution in [3.05, 3.63) is 38.2 Å². The highest BCUT2D eigenvalue weighted by molar-refractivity contribution is 5.78. The lowest BCUT2D eigenvalue weighted by molar-refractivity contribution is 0.568. The second-order valence-corrected chi connectivity index (χ2v) is 5.70. The topological polar surface area (TPSA) is 67.8 Å². The molecule has 2 aromatic heterocycles. The quantitative estimate of drug-likeness (QED) is 0.919. The van der Waals surface area contributed by atoms with Gasteiger partial charge in [0.1, 0.15) is 5.65 Å². The average molecular weight is 289 g/mol. The summed E-state index contributed by atoms with van der Waals surface area (Å²) in [7, 11) is 0. The fourth-order valence-corrected chi connectivity index (χ4v) is 2.69. The smallest absolute Gasteiger partial charge is 0.306 e. The summed E-state index contributed by atoms with van der Waals surface area (Å²) in [4.78, 5) is 31.1. The highest BCUT2D eigenvalue weighted by Gasteiger charge is 2.14. The van der Waals surface area contributed by atoms with Crippen LogP contribution >= 0.6 is 0 Å². The number of hydrogen-bond donors (Lipinski definition) is 1. The number of pyridine rings is 1. The van der Waals surface area contributed by atoms with E-state index in [1.807, 2.05) is 20.0 Å². The number of aryl methyl sites for hydroxylation is 1. The predicted octanol–water partition coefficient (Wildman–Crippen LogP) is 2.57. The molecule has 0 atom stereocenters. The Bertz CT molecular complexity index is 756. The first-order chi connectivity index (χ1) is 9.99. The lowest BCUT2D eigenvalue weighted by Gasteiger charge is -2.14. The van der Waals surface area contributed by atoms with Crippen molar-refractivity contribution < 1.29 is 0 Å². The van der Waals surface area contributed by atoms with Gasteiger partial charge in [-0.15, -0.1) is 0 Å². The Morgan fingerprint density at radius 3 is 2.33 bits per heavy atom. The number of nitrogens with one attached hydrogen (secondary N) is 1. The number of fused-ring (bicyclic) bond motifs is 1. The van der Waals surface area contributed by atoms with Gasteiger partial charge >= 0.3 is 5.69 Å². The van der Waals surface area contributed by atoms with Gasteiger partial charge in [0.25, 0.3) is 5.56 Å². The van der Waals surface area contributed by atoms with E-state index in [4.69, 9.17) is 0 Å². The number of rotatable bonds is 5. The van der Waals surface area contributed by atoms with Gasteiger partial charge in [0.05, 0.1) is 0 Å². The Balaban J connectivity index is 2.85. The van der Waals surface area contributed by atoms with Crippen molar-refractivity contribution in [2.45, 2.75) is 59.4 Å². The molecular weight excluding hydrogens is 266 g/mol. The summed E-state index contributed by atoms with van der Waals surface area (Å²) in [5, 5.41) is 0.896. The highest BCUT2D eigenvalue weighted by atomic mass is 16.1. The summed E-state index contributed by atoms with van der Waals surface area (Å²) < 4.78 is 1.62. The molecule has 0 saturated heterocycles. The normalized spacial score (nSPS) is 11.5. The first kappa shape index (κ1) is 15.5. The van der Waals surface area contributed by atoms with E-state index < -0.39 is 0 Å². The molecule has 0 fully saturated rings.